The molecule has 2 atom stereocenters. The number of nitrogens with one attached hydrogen (secondary N) is 2. The van der Waals surface area contributed by atoms with E-state index in [1.54, 1.807) is 17.4 Å². The van der Waals surface area contributed by atoms with E-state index in [4.69, 9.17) is 16.3 Å². The number of anilines is 1. The minimum atomic E-state index is 0.00918. The van der Waals surface area contributed by atoms with Gasteiger partial charge in [0, 0.05) is 17.3 Å². The molecule has 2 heterocycles. The molecular formula is C19H24ClN2O2S+. The Kier molecular flexibility index (Phi) is 6.48. The summed E-state index contributed by atoms with van der Waals surface area (Å²) in [5.41, 5.74) is 1.79. The van der Waals surface area contributed by atoms with Gasteiger partial charge in [-0.1, -0.05) is 23.7 Å². The molecular weight excluding hydrogens is 356 g/mol. The van der Waals surface area contributed by atoms with E-state index in [-0.39, 0.29) is 12.0 Å². The molecule has 2 N–H and O–H groups in total. The summed E-state index contributed by atoms with van der Waals surface area (Å²) in [6.45, 7) is 4.93. The van der Waals surface area contributed by atoms with Crippen molar-refractivity contribution >= 4 is 34.5 Å². The van der Waals surface area contributed by atoms with E-state index in [1.165, 1.54) is 9.78 Å². The van der Waals surface area contributed by atoms with Crippen molar-refractivity contribution in [3.8, 4) is 0 Å². The SMILES string of the molecule is Cc1ccc(Cl)cc1NC(=O)C[NH+](Cc1cccs1)C[C@@H]1CCCO1. The Balaban J connectivity index is 1.63. The highest BCUT2D eigenvalue weighted by atomic mass is 35.5. The molecule has 6 heteroatoms. The van der Waals surface area contributed by atoms with E-state index in [9.17, 15) is 4.79 Å². The summed E-state index contributed by atoms with van der Waals surface area (Å²) in [6.07, 6.45) is 2.46. The number of thiophene rings is 1. The van der Waals surface area contributed by atoms with Crippen LogP contribution < -0.4 is 10.2 Å². The zero-order valence-corrected chi connectivity index (χ0v) is 16.0. The van der Waals surface area contributed by atoms with Crippen molar-refractivity contribution in [2.75, 3.05) is 25.0 Å². The molecule has 4 nitrogen and oxygen atoms in total. The maximum absolute atomic E-state index is 12.6. The summed E-state index contributed by atoms with van der Waals surface area (Å²) < 4.78 is 5.77. The summed E-state index contributed by atoms with van der Waals surface area (Å²) in [5, 5.41) is 5.71. The first-order valence-electron chi connectivity index (χ1n) is 8.63. The first kappa shape index (κ1) is 18.4. The van der Waals surface area contributed by atoms with Gasteiger partial charge in [0.25, 0.3) is 5.91 Å². The Hall–Kier alpha value is -1.40. The van der Waals surface area contributed by atoms with Crippen molar-refractivity contribution in [1.82, 2.24) is 0 Å². The lowest BCUT2D eigenvalue weighted by Crippen LogP contribution is -3.12. The van der Waals surface area contributed by atoms with Crippen molar-refractivity contribution in [3.63, 3.8) is 0 Å². The number of halogens is 1. The van der Waals surface area contributed by atoms with Crippen LogP contribution in [0.15, 0.2) is 35.7 Å². The van der Waals surface area contributed by atoms with E-state index in [0.29, 0.717) is 11.6 Å². The van der Waals surface area contributed by atoms with Crippen molar-refractivity contribution in [3.05, 3.63) is 51.2 Å². The predicted molar refractivity (Wildman–Crippen MR) is 103 cm³/mol. The maximum atomic E-state index is 12.6. The molecule has 25 heavy (non-hydrogen) atoms. The van der Waals surface area contributed by atoms with Gasteiger partial charge in [0.2, 0.25) is 0 Å². The minimum Gasteiger partial charge on any atom is -0.372 e. The second kappa shape index (κ2) is 8.81. The highest BCUT2D eigenvalue weighted by molar-refractivity contribution is 7.09. The molecule has 2 aromatic rings. The zero-order valence-electron chi connectivity index (χ0n) is 14.4. The van der Waals surface area contributed by atoms with Gasteiger partial charge in [-0.25, -0.2) is 0 Å². The van der Waals surface area contributed by atoms with Gasteiger partial charge in [0.1, 0.15) is 19.2 Å². The number of carbonyl (C=O) groups excluding carboxylic acids is 1. The lowest BCUT2D eigenvalue weighted by molar-refractivity contribution is -0.908. The normalized spacial score (nSPS) is 18.2. The van der Waals surface area contributed by atoms with E-state index in [0.717, 1.165) is 43.8 Å². The van der Waals surface area contributed by atoms with Gasteiger partial charge >= 0.3 is 0 Å². The van der Waals surface area contributed by atoms with Gasteiger partial charge in [-0.2, -0.15) is 0 Å². The predicted octanol–water partition coefficient (Wildman–Crippen LogP) is 2.91. The Morgan fingerprint density at radius 3 is 3.04 bits per heavy atom. The number of quaternary nitrogens is 1. The summed E-state index contributed by atoms with van der Waals surface area (Å²) in [5.74, 6) is 0.00918. The molecule has 1 unspecified atom stereocenters. The van der Waals surface area contributed by atoms with Crippen LogP contribution in [0, 0.1) is 6.92 Å². The zero-order chi connectivity index (χ0) is 17.6. The fourth-order valence-corrected chi connectivity index (χ4v) is 4.09. The Morgan fingerprint density at radius 1 is 1.44 bits per heavy atom. The van der Waals surface area contributed by atoms with Crippen LogP contribution >= 0.6 is 22.9 Å². The maximum Gasteiger partial charge on any atom is 0.279 e. The highest BCUT2D eigenvalue weighted by Crippen LogP contribution is 2.19. The molecule has 134 valence electrons. The topological polar surface area (TPSA) is 42.8 Å². The van der Waals surface area contributed by atoms with E-state index < -0.39 is 0 Å². The summed E-state index contributed by atoms with van der Waals surface area (Å²) in [6, 6.07) is 9.73. The third kappa shape index (κ3) is 5.54. The van der Waals surface area contributed by atoms with Gasteiger partial charge in [0.05, 0.1) is 4.88 Å². The number of hydrogen-bond donors (Lipinski definition) is 2. The molecule has 0 bridgehead atoms. The molecule has 1 aromatic heterocycles. The Labute approximate surface area is 157 Å². The molecule has 1 aliphatic rings. The lowest BCUT2D eigenvalue weighted by Gasteiger charge is -2.21. The minimum absolute atomic E-state index is 0.00918. The van der Waals surface area contributed by atoms with Gasteiger partial charge in [-0.05, 0) is 48.9 Å². The molecule has 1 fully saturated rings. The van der Waals surface area contributed by atoms with Gasteiger partial charge in [-0.3, -0.25) is 4.79 Å². The first-order chi connectivity index (χ1) is 12.1. The molecule has 1 amide bonds. The average Bonchev–Trinajstić information content (AvgIpc) is 3.25. The molecule has 3 rings (SSSR count). The number of hydrogen-bond acceptors (Lipinski definition) is 3. The first-order valence-corrected chi connectivity index (χ1v) is 9.89. The van der Waals surface area contributed by atoms with Gasteiger partial charge < -0.3 is 15.0 Å². The largest absolute Gasteiger partial charge is 0.372 e. The second-order valence-electron chi connectivity index (χ2n) is 6.53. The molecule has 1 saturated heterocycles. The van der Waals surface area contributed by atoms with Crippen LogP contribution in [0.1, 0.15) is 23.3 Å². The Bertz CT molecular complexity index is 699. The third-order valence-corrected chi connectivity index (χ3v) is 5.54. The van der Waals surface area contributed by atoms with Crippen LogP contribution in [0.4, 0.5) is 5.69 Å². The molecule has 1 aliphatic heterocycles. The standard InChI is InChI=1S/C19H23ClN2O2S/c1-14-6-7-15(20)10-18(14)21-19(23)13-22(11-16-4-2-8-24-16)12-17-5-3-9-25-17/h3,5-7,9-10,16H,2,4,8,11-13H2,1H3,(H,21,23)/p+1/t16-/m0/s1. The number of benzene rings is 1. The monoisotopic (exact) mass is 379 g/mol. The number of amides is 1. The number of rotatable bonds is 7. The van der Waals surface area contributed by atoms with E-state index >= 15 is 0 Å². The highest BCUT2D eigenvalue weighted by Gasteiger charge is 2.24. The smallest absolute Gasteiger partial charge is 0.279 e. The van der Waals surface area contributed by atoms with Crippen molar-refractivity contribution < 1.29 is 14.4 Å². The van der Waals surface area contributed by atoms with Gasteiger partial charge in [0.15, 0.2) is 6.54 Å². The van der Waals surface area contributed by atoms with Crippen LogP contribution in [0.5, 0.6) is 0 Å². The summed E-state index contributed by atoms with van der Waals surface area (Å²) in [4.78, 5) is 15.1. The quantitative estimate of drug-likeness (QED) is 0.776. The summed E-state index contributed by atoms with van der Waals surface area (Å²) in [7, 11) is 0. The number of aryl methyl sites for hydroxylation is 1. The van der Waals surface area contributed by atoms with Crippen molar-refractivity contribution in [2.24, 2.45) is 0 Å². The van der Waals surface area contributed by atoms with Gasteiger partial charge in [-0.15, -0.1) is 11.3 Å². The Morgan fingerprint density at radius 2 is 2.32 bits per heavy atom. The lowest BCUT2D eigenvalue weighted by atomic mass is 10.2. The van der Waals surface area contributed by atoms with Crippen LogP contribution in [0.25, 0.3) is 0 Å². The molecule has 0 radical (unpaired) electrons. The molecule has 1 aromatic carbocycles. The van der Waals surface area contributed by atoms with Crippen LogP contribution in [0.3, 0.4) is 0 Å². The van der Waals surface area contributed by atoms with E-state index in [1.807, 2.05) is 19.1 Å². The molecule has 0 spiro atoms. The van der Waals surface area contributed by atoms with Crippen molar-refractivity contribution in [1.29, 1.82) is 0 Å². The molecule has 0 saturated carbocycles. The van der Waals surface area contributed by atoms with Crippen LogP contribution in [-0.4, -0.2) is 31.7 Å². The van der Waals surface area contributed by atoms with Crippen molar-refractivity contribution in [2.45, 2.75) is 32.4 Å². The summed E-state index contributed by atoms with van der Waals surface area (Å²) >= 11 is 7.78. The second-order valence-corrected chi connectivity index (χ2v) is 8.00. The molecule has 0 aliphatic carbocycles. The average molecular weight is 380 g/mol. The van der Waals surface area contributed by atoms with Crippen LogP contribution in [0.2, 0.25) is 5.02 Å². The fraction of sp³-hybridized carbons (Fsp3) is 0.421. The van der Waals surface area contributed by atoms with Crippen LogP contribution in [-0.2, 0) is 16.1 Å². The third-order valence-electron chi connectivity index (χ3n) is 4.43. The number of ether oxygens (including phenoxy) is 1. The number of carbonyl (C=O) groups is 1. The van der Waals surface area contributed by atoms with E-state index in [2.05, 4.69) is 22.8 Å². The fourth-order valence-electron chi connectivity index (χ4n) is 3.14.